The van der Waals surface area contributed by atoms with Crippen LogP contribution in [0.3, 0.4) is 0 Å². The van der Waals surface area contributed by atoms with E-state index in [0.29, 0.717) is 10.8 Å². The molecule has 3 saturated carbocycles. The molecule has 0 aromatic heterocycles. The van der Waals surface area contributed by atoms with Gasteiger partial charge in [-0.3, -0.25) is 0 Å². The highest BCUT2D eigenvalue weighted by Crippen LogP contribution is 2.52. The van der Waals surface area contributed by atoms with Crippen LogP contribution >= 0.6 is 0 Å². The fourth-order valence-corrected chi connectivity index (χ4v) is 4.89. The summed E-state index contributed by atoms with van der Waals surface area (Å²) in [6, 6.07) is 0. The van der Waals surface area contributed by atoms with Crippen molar-refractivity contribution in [3.05, 3.63) is 0 Å². The van der Waals surface area contributed by atoms with Gasteiger partial charge in [0.1, 0.15) is 0 Å². The zero-order chi connectivity index (χ0) is 11.2. The predicted octanol–water partition coefficient (Wildman–Crippen LogP) is 3.59. The lowest BCUT2D eigenvalue weighted by molar-refractivity contribution is 0.107. The van der Waals surface area contributed by atoms with Crippen LogP contribution in [0.2, 0.25) is 0 Å². The van der Waals surface area contributed by atoms with E-state index in [1.165, 1.54) is 58.0 Å². The van der Waals surface area contributed by atoms with E-state index in [4.69, 9.17) is 0 Å². The van der Waals surface area contributed by atoms with Crippen LogP contribution in [0.25, 0.3) is 0 Å². The molecule has 0 spiro atoms. The molecular formula is C15H27N. The van der Waals surface area contributed by atoms with Gasteiger partial charge in [-0.05, 0) is 61.2 Å². The number of nitrogens with one attached hydrogen (secondary N) is 1. The molecule has 3 aliphatic carbocycles. The molecule has 1 N–H and O–H groups in total. The van der Waals surface area contributed by atoms with E-state index in [2.05, 4.69) is 19.2 Å². The first-order valence-electron chi connectivity index (χ1n) is 7.33. The first-order chi connectivity index (χ1) is 7.62. The molecule has 3 aliphatic heterocycles. The molecule has 0 aromatic rings. The minimum Gasteiger partial charge on any atom is -0.316 e. The summed E-state index contributed by atoms with van der Waals surface area (Å²) >= 11 is 0. The van der Waals surface area contributed by atoms with Gasteiger partial charge < -0.3 is 5.32 Å². The Morgan fingerprint density at radius 3 is 1.69 bits per heavy atom. The quantitative estimate of drug-likeness (QED) is 0.659. The second-order valence-electron chi connectivity index (χ2n) is 7.31. The van der Waals surface area contributed by atoms with E-state index in [0.717, 1.165) is 11.8 Å². The van der Waals surface area contributed by atoms with Gasteiger partial charge in [-0.1, -0.05) is 20.3 Å². The average Bonchev–Trinajstić information content (AvgIpc) is 2.38. The van der Waals surface area contributed by atoms with Crippen LogP contribution in [0, 0.1) is 22.7 Å². The zero-order valence-electron chi connectivity index (χ0n) is 11.0. The van der Waals surface area contributed by atoms with Gasteiger partial charge in [0.15, 0.2) is 0 Å². The molecule has 16 heavy (non-hydrogen) atoms. The molecule has 6 fully saturated rings. The van der Waals surface area contributed by atoms with Crippen LogP contribution < -0.4 is 5.32 Å². The first kappa shape index (κ1) is 11.1. The fourth-order valence-electron chi connectivity index (χ4n) is 4.89. The molecule has 6 rings (SSSR count). The summed E-state index contributed by atoms with van der Waals surface area (Å²) in [5, 5.41) is 3.81. The molecule has 1 nitrogen and oxygen atoms in total. The van der Waals surface area contributed by atoms with Gasteiger partial charge in [0.2, 0.25) is 0 Å². The van der Waals surface area contributed by atoms with Crippen LogP contribution in [-0.2, 0) is 0 Å². The van der Waals surface area contributed by atoms with E-state index < -0.39 is 0 Å². The third kappa shape index (κ3) is 1.63. The fraction of sp³-hybridized carbons (Fsp3) is 1.00. The summed E-state index contributed by atoms with van der Waals surface area (Å²) < 4.78 is 0. The van der Waals surface area contributed by atoms with E-state index in [1.807, 2.05) is 0 Å². The standard InChI is InChI=1S/C15H27N/c1-14-8-3-9-15(2,11-16-10-14)13-6-4-12(14)5-7-13/h12-13,16H,3-11H2,1-2H3. The number of hydrogen-bond donors (Lipinski definition) is 1. The second-order valence-corrected chi connectivity index (χ2v) is 7.31. The van der Waals surface area contributed by atoms with Gasteiger partial charge in [-0.2, -0.15) is 0 Å². The van der Waals surface area contributed by atoms with E-state index in [9.17, 15) is 0 Å². The van der Waals surface area contributed by atoms with Crippen molar-refractivity contribution >= 4 is 0 Å². The van der Waals surface area contributed by atoms with Gasteiger partial charge in [0.05, 0.1) is 0 Å². The Morgan fingerprint density at radius 1 is 0.812 bits per heavy atom. The lowest BCUT2D eigenvalue weighted by Crippen LogP contribution is -2.43. The summed E-state index contributed by atoms with van der Waals surface area (Å²) in [6.45, 7) is 7.66. The van der Waals surface area contributed by atoms with Crippen molar-refractivity contribution in [3.63, 3.8) is 0 Å². The summed E-state index contributed by atoms with van der Waals surface area (Å²) in [6.07, 6.45) is 10.5. The normalized spacial score (nSPS) is 52.9. The first-order valence-corrected chi connectivity index (χ1v) is 7.33. The van der Waals surface area contributed by atoms with Gasteiger partial charge in [-0.15, -0.1) is 0 Å². The van der Waals surface area contributed by atoms with Gasteiger partial charge in [0, 0.05) is 13.1 Å². The van der Waals surface area contributed by atoms with Crippen LogP contribution in [0.4, 0.5) is 0 Å². The minimum absolute atomic E-state index is 0.608. The smallest absolute Gasteiger partial charge is 0.000805 e. The SMILES string of the molecule is CC12CCCC(C)(CNC1)C1CCC2CC1. The Labute approximate surface area is 100 Å². The lowest BCUT2D eigenvalue weighted by Gasteiger charge is -2.40. The average molecular weight is 221 g/mol. The summed E-state index contributed by atoms with van der Waals surface area (Å²) in [5.41, 5.74) is 1.22. The molecule has 4 bridgehead atoms. The number of hydrogen-bond acceptors (Lipinski definition) is 1. The lowest BCUT2D eigenvalue weighted by atomic mass is 9.64. The van der Waals surface area contributed by atoms with Crippen molar-refractivity contribution in [2.45, 2.75) is 58.8 Å². The van der Waals surface area contributed by atoms with Crippen LogP contribution in [0.1, 0.15) is 58.8 Å². The molecule has 1 heteroatoms. The Morgan fingerprint density at radius 2 is 1.25 bits per heavy atom. The summed E-state index contributed by atoms with van der Waals surface area (Å²) in [7, 11) is 0. The van der Waals surface area contributed by atoms with Crippen LogP contribution in [-0.4, -0.2) is 13.1 Å². The topological polar surface area (TPSA) is 12.0 Å². The van der Waals surface area contributed by atoms with Gasteiger partial charge in [-0.25, -0.2) is 0 Å². The Hall–Kier alpha value is -0.0400. The molecule has 92 valence electrons. The second kappa shape index (κ2) is 3.73. The molecule has 6 aliphatic rings. The highest BCUT2D eigenvalue weighted by molar-refractivity contribution is 4.98. The molecule has 3 saturated heterocycles. The third-order valence-electron chi connectivity index (χ3n) is 6.25. The van der Waals surface area contributed by atoms with Crippen molar-refractivity contribution in [2.75, 3.05) is 13.1 Å². The van der Waals surface area contributed by atoms with E-state index in [1.54, 1.807) is 0 Å². The highest BCUT2D eigenvalue weighted by Gasteiger charge is 2.45. The molecule has 2 atom stereocenters. The molecule has 3 heterocycles. The predicted molar refractivity (Wildman–Crippen MR) is 68.4 cm³/mol. The van der Waals surface area contributed by atoms with E-state index >= 15 is 0 Å². The summed E-state index contributed by atoms with van der Waals surface area (Å²) in [5.74, 6) is 2.02. The molecule has 0 aromatic carbocycles. The van der Waals surface area contributed by atoms with Crippen molar-refractivity contribution in [1.82, 2.24) is 5.32 Å². The van der Waals surface area contributed by atoms with Crippen molar-refractivity contribution in [1.29, 1.82) is 0 Å². The monoisotopic (exact) mass is 221 g/mol. The largest absolute Gasteiger partial charge is 0.316 e. The maximum Gasteiger partial charge on any atom is 0.000805 e. The van der Waals surface area contributed by atoms with Crippen molar-refractivity contribution in [3.8, 4) is 0 Å². The Balaban J connectivity index is 1.97. The third-order valence-corrected chi connectivity index (χ3v) is 6.25. The molecular weight excluding hydrogens is 194 g/mol. The maximum atomic E-state index is 3.81. The minimum atomic E-state index is 0.608. The molecule has 0 amide bonds. The highest BCUT2D eigenvalue weighted by atomic mass is 14.9. The molecule has 2 unspecified atom stereocenters. The Kier molecular flexibility index (Phi) is 2.58. The van der Waals surface area contributed by atoms with Gasteiger partial charge >= 0.3 is 0 Å². The van der Waals surface area contributed by atoms with Crippen LogP contribution in [0.5, 0.6) is 0 Å². The molecule has 0 radical (unpaired) electrons. The zero-order valence-corrected chi connectivity index (χ0v) is 11.0. The Bertz CT molecular complexity index is 227. The number of rotatable bonds is 0. The van der Waals surface area contributed by atoms with Crippen molar-refractivity contribution < 1.29 is 0 Å². The van der Waals surface area contributed by atoms with E-state index in [-0.39, 0.29) is 0 Å². The van der Waals surface area contributed by atoms with Crippen molar-refractivity contribution in [2.24, 2.45) is 22.7 Å². The maximum absolute atomic E-state index is 3.81. The van der Waals surface area contributed by atoms with Crippen LogP contribution in [0.15, 0.2) is 0 Å². The summed E-state index contributed by atoms with van der Waals surface area (Å²) in [4.78, 5) is 0. The van der Waals surface area contributed by atoms with Gasteiger partial charge in [0.25, 0.3) is 0 Å².